The number of rotatable bonds is 19. The number of ether oxygens (including phenoxy) is 1. The zero-order chi connectivity index (χ0) is 44.8. The van der Waals surface area contributed by atoms with Crippen molar-refractivity contribution in [3.63, 3.8) is 0 Å². The van der Waals surface area contributed by atoms with Gasteiger partial charge in [-0.3, -0.25) is 33.6 Å². The van der Waals surface area contributed by atoms with Crippen molar-refractivity contribution >= 4 is 41.2 Å². The Hall–Kier alpha value is -6.10. The smallest absolute Gasteiger partial charge is 0.372 e. The van der Waals surface area contributed by atoms with Crippen molar-refractivity contribution in [2.75, 3.05) is 13.1 Å². The first-order valence-corrected chi connectivity index (χ1v) is 20.9. The van der Waals surface area contributed by atoms with E-state index < -0.39 is 101 Å². The second-order valence-corrected chi connectivity index (χ2v) is 15.6. The minimum absolute atomic E-state index is 0.0316. The van der Waals surface area contributed by atoms with Gasteiger partial charge >= 0.3 is 6.18 Å². The number of ketones is 1. The van der Waals surface area contributed by atoms with Crippen LogP contribution >= 0.6 is 0 Å². The summed E-state index contributed by atoms with van der Waals surface area (Å²) in [5.74, 6) is -6.90. The average Bonchev–Trinajstić information content (AvgIpc) is 3.72. The number of likely N-dealkylation sites (tertiary alicyclic amines) is 1. The van der Waals surface area contributed by atoms with Crippen LogP contribution in [0.1, 0.15) is 97.8 Å². The Kier molecular flexibility index (Phi) is 16.8. The standard InChI is InChI=1S/C45H53F3N6O8/c1-2-3-23-34(39(56)43(60)50-25-36(55)52-37(40(49)57)29-17-9-5-10-18-29)51-42(59)35-24-31(62-27-28-15-7-4-8-16-28)26-54(35)44(61)38(30-19-11-6-12-20-30)53-41(58)32-21-13-14-22-33(32)45(46,47)48/h4-5,7-10,13-18,21-22,30-31,34-35,37-38H,2-3,6,11-12,19-20,23-27H2,1H3,(H2,49,57)(H,50,60)(H,51,59)(H,52,55)(H,53,58). The minimum Gasteiger partial charge on any atom is -0.372 e. The summed E-state index contributed by atoms with van der Waals surface area (Å²) in [7, 11) is 0. The van der Waals surface area contributed by atoms with Crippen LogP contribution in [0.5, 0.6) is 0 Å². The number of nitrogens with zero attached hydrogens (tertiary/aromatic N) is 1. The average molecular weight is 863 g/mol. The number of carbonyl (C=O) groups excluding carboxylic acids is 7. The molecular weight excluding hydrogens is 810 g/mol. The van der Waals surface area contributed by atoms with Crippen LogP contribution < -0.4 is 27.0 Å². The number of alkyl halides is 3. The van der Waals surface area contributed by atoms with E-state index in [1.54, 1.807) is 30.3 Å². The summed E-state index contributed by atoms with van der Waals surface area (Å²) in [6.07, 6.45) is -1.21. The number of unbranched alkanes of at least 4 members (excludes halogenated alkanes) is 1. The molecule has 2 fully saturated rings. The molecule has 3 aromatic rings. The minimum atomic E-state index is -4.84. The first-order chi connectivity index (χ1) is 29.7. The van der Waals surface area contributed by atoms with E-state index in [1.165, 1.54) is 17.0 Å². The van der Waals surface area contributed by atoms with Crippen molar-refractivity contribution in [1.82, 2.24) is 26.2 Å². The third-order valence-corrected chi connectivity index (χ3v) is 11.2. The number of hydrogen-bond acceptors (Lipinski definition) is 8. The zero-order valence-corrected chi connectivity index (χ0v) is 34.5. The number of amides is 6. The molecule has 14 nitrogen and oxygen atoms in total. The lowest BCUT2D eigenvalue weighted by molar-refractivity contribution is -0.143. The maximum absolute atomic E-state index is 14.7. The summed E-state index contributed by atoms with van der Waals surface area (Å²) in [6.45, 7) is 1.17. The topological polar surface area (TPSA) is 206 Å². The SMILES string of the molecule is CCCCC(NC(=O)C1CC(OCc2ccccc2)CN1C(=O)C(NC(=O)c1ccccc1C(F)(F)F)C1CCCCC1)C(=O)C(=O)NCC(=O)NC(C(N)=O)c1ccccc1. The molecule has 1 saturated heterocycles. The lowest BCUT2D eigenvalue weighted by Gasteiger charge is -2.35. The number of benzene rings is 3. The Balaban J connectivity index is 1.35. The van der Waals surface area contributed by atoms with Crippen LogP contribution in [0.3, 0.4) is 0 Å². The van der Waals surface area contributed by atoms with Crippen LogP contribution in [0, 0.1) is 5.92 Å². The highest BCUT2D eigenvalue weighted by molar-refractivity contribution is 6.38. The van der Waals surface area contributed by atoms with E-state index in [0.717, 1.165) is 37.0 Å². The Morgan fingerprint density at radius 1 is 0.839 bits per heavy atom. The molecule has 1 heterocycles. The van der Waals surface area contributed by atoms with Crippen molar-refractivity contribution in [2.24, 2.45) is 11.7 Å². The third kappa shape index (κ3) is 12.7. The van der Waals surface area contributed by atoms with Crippen molar-refractivity contribution < 1.29 is 51.5 Å². The molecule has 62 heavy (non-hydrogen) atoms. The predicted octanol–water partition coefficient (Wildman–Crippen LogP) is 4.27. The lowest BCUT2D eigenvalue weighted by Crippen LogP contribution is -2.58. The molecule has 0 aromatic heterocycles. The quantitative estimate of drug-likeness (QED) is 0.110. The number of halogens is 3. The van der Waals surface area contributed by atoms with Gasteiger partial charge < -0.3 is 36.6 Å². The van der Waals surface area contributed by atoms with Gasteiger partial charge in [0, 0.05) is 13.0 Å². The first-order valence-electron chi connectivity index (χ1n) is 20.9. The van der Waals surface area contributed by atoms with E-state index in [-0.39, 0.29) is 26.0 Å². The number of nitrogens with two attached hydrogens (primary N) is 1. The molecule has 1 aliphatic heterocycles. The summed E-state index contributed by atoms with van der Waals surface area (Å²) in [5.41, 5.74) is 4.91. The van der Waals surface area contributed by atoms with Gasteiger partial charge in [-0.15, -0.1) is 0 Å². The number of Topliss-reactive ketones (excluding diaryl/α,β-unsaturated/α-hetero) is 1. The van der Waals surface area contributed by atoms with Crippen molar-refractivity contribution in [2.45, 2.75) is 108 Å². The highest BCUT2D eigenvalue weighted by atomic mass is 19.4. The second-order valence-electron chi connectivity index (χ2n) is 15.6. The molecule has 2 aliphatic rings. The molecule has 1 aliphatic carbocycles. The van der Waals surface area contributed by atoms with Crippen LogP contribution in [0.2, 0.25) is 0 Å². The van der Waals surface area contributed by atoms with E-state index in [9.17, 15) is 46.7 Å². The normalized spacial score (nSPS) is 18.2. The van der Waals surface area contributed by atoms with Gasteiger partial charge in [-0.25, -0.2) is 0 Å². The number of carbonyl (C=O) groups is 7. The molecule has 0 radical (unpaired) electrons. The fourth-order valence-corrected chi connectivity index (χ4v) is 7.90. The van der Waals surface area contributed by atoms with E-state index >= 15 is 0 Å². The summed E-state index contributed by atoms with van der Waals surface area (Å²) >= 11 is 0. The molecule has 0 bridgehead atoms. The molecule has 5 atom stereocenters. The number of primary amides is 1. The van der Waals surface area contributed by atoms with Gasteiger partial charge in [-0.2, -0.15) is 13.2 Å². The van der Waals surface area contributed by atoms with Crippen LogP contribution in [-0.2, 0) is 46.3 Å². The van der Waals surface area contributed by atoms with Gasteiger partial charge in [0.05, 0.1) is 36.4 Å². The van der Waals surface area contributed by atoms with Gasteiger partial charge in [-0.05, 0) is 48.4 Å². The lowest BCUT2D eigenvalue weighted by atomic mass is 9.83. The first kappa shape index (κ1) is 47.0. The summed E-state index contributed by atoms with van der Waals surface area (Å²) < 4.78 is 48.1. The van der Waals surface area contributed by atoms with Crippen molar-refractivity contribution in [3.8, 4) is 0 Å². The largest absolute Gasteiger partial charge is 0.417 e. The Bertz CT molecular complexity index is 2050. The fraction of sp³-hybridized carbons (Fsp3) is 0.444. The van der Waals surface area contributed by atoms with E-state index in [4.69, 9.17) is 10.5 Å². The molecular formula is C45H53F3N6O8. The highest BCUT2D eigenvalue weighted by Gasteiger charge is 2.46. The molecule has 0 spiro atoms. The summed E-state index contributed by atoms with van der Waals surface area (Å²) in [5, 5.41) is 9.92. The van der Waals surface area contributed by atoms with Gasteiger partial charge in [0.1, 0.15) is 18.1 Å². The zero-order valence-electron chi connectivity index (χ0n) is 34.5. The van der Waals surface area contributed by atoms with Gasteiger partial charge in [-0.1, -0.05) is 112 Å². The third-order valence-electron chi connectivity index (χ3n) is 11.2. The number of nitrogens with one attached hydrogen (secondary N) is 4. The molecule has 1 saturated carbocycles. The Labute approximate surface area is 357 Å². The van der Waals surface area contributed by atoms with Gasteiger partial charge in [0.15, 0.2) is 0 Å². The Morgan fingerprint density at radius 3 is 2.13 bits per heavy atom. The molecule has 5 unspecified atom stereocenters. The van der Waals surface area contributed by atoms with Crippen molar-refractivity contribution in [1.29, 1.82) is 0 Å². The van der Waals surface area contributed by atoms with Gasteiger partial charge in [0.25, 0.3) is 11.8 Å². The molecule has 6 amide bonds. The molecule has 5 rings (SSSR count). The van der Waals surface area contributed by atoms with Crippen LogP contribution in [0.15, 0.2) is 84.9 Å². The molecule has 17 heteroatoms. The van der Waals surface area contributed by atoms with E-state index in [0.29, 0.717) is 31.2 Å². The fourth-order valence-electron chi connectivity index (χ4n) is 7.90. The summed E-state index contributed by atoms with van der Waals surface area (Å²) in [4.78, 5) is 95.6. The van der Waals surface area contributed by atoms with Gasteiger partial charge in [0.2, 0.25) is 29.4 Å². The number of hydrogen-bond donors (Lipinski definition) is 5. The van der Waals surface area contributed by atoms with E-state index in [1.807, 2.05) is 37.3 Å². The van der Waals surface area contributed by atoms with Crippen molar-refractivity contribution in [3.05, 3.63) is 107 Å². The van der Waals surface area contributed by atoms with Crippen LogP contribution in [0.25, 0.3) is 0 Å². The Morgan fingerprint density at radius 2 is 1.48 bits per heavy atom. The maximum Gasteiger partial charge on any atom is 0.417 e. The predicted molar refractivity (Wildman–Crippen MR) is 220 cm³/mol. The van der Waals surface area contributed by atoms with Crippen LogP contribution in [-0.4, -0.2) is 83.4 Å². The highest BCUT2D eigenvalue weighted by Crippen LogP contribution is 2.34. The molecule has 6 N–H and O–H groups in total. The molecule has 3 aromatic carbocycles. The second kappa shape index (κ2) is 22.1. The molecule has 332 valence electrons. The monoisotopic (exact) mass is 862 g/mol. The van der Waals surface area contributed by atoms with E-state index in [2.05, 4.69) is 21.3 Å². The maximum atomic E-state index is 14.7. The van der Waals surface area contributed by atoms with Crippen LogP contribution in [0.4, 0.5) is 13.2 Å². The summed E-state index contributed by atoms with van der Waals surface area (Å²) in [6, 6.07) is 16.5.